The Morgan fingerprint density at radius 1 is 1.20 bits per heavy atom. The first-order chi connectivity index (χ1) is 12.2. The van der Waals surface area contributed by atoms with Crippen molar-refractivity contribution in [2.24, 2.45) is 0 Å². The molecule has 0 saturated carbocycles. The van der Waals surface area contributed by atoms with Crippen LogP contribution in [0.15, 0.2) is 30.6 Å². The Bertz CT molecular complexity index is 714. The summed E-state index contributed by atoms with van der Waals surface area (Å²) < 4.78 is 4.96. The van der Waals surface area contributed by atoms with Gasteiger partial charge in [0.15, 0.2) is 0 Å². The molecule has 1 aliphatic rings. The molecule has 25 heavy (non-hydrogen) atoms. The molecule has 0 spiro atoms. The van der Waals surface area contributed by atoms with E-state index in [1.165, 1.54) is 6.20 Å². The summed E-state index contributed by atoms with van der Waals surface area (Å²) in [5.74, 6) is 0.391. The van der Waals surface area contributed by atoms with Crippen LogP contribution < -0.4 is 4.90 Å². The van der Waals surface area contributed by atoms with Crippen LogP contribution in [0, 0.1) is 0 Å². The van der Waals surface area contributed by atoms with Crippen LogP contribution in [0.25, 0.3) is 0 Å². The molecule has 8 nitrogen and oxygen atoms in total. The maximum Gasteiger partial charge on any atom is 0.339 e. The maximum absolute atomic E-state index is 12.4. The summed E-state index contributed by atoms with van der Waals surface area (Å²) in [6.07, 6.45) is 3.96. The predicted molar refractivity (Wildman–Crippen MR) is 91.5 cm³/mol. The number of esters is 1. The summed E-state index contributed by atoms with van der Waals surface area (Å²) in [7, 11) is 0. The van der Waals surface area contributed by atoms with Crippen molar-refractivity contribution >= 4 is 17.7 Å². The van der Waals surface area contributed by atoms with E-state index in [9.17, 15) is 9.59 Å². The number of nitrogens with zero attached hydrogens (tertiary/aromatic N) is 4. The van der Waals surface area contributed by atoms with Crippen LogP contribution in [0.1, 0.15) is 34.2 Å². The van der Waals surface area contributed by atoms with Crippen LogP contribution in [0.5, 0.6) is 0 Å². The zero-order chi connectivity index (χ0) is 17.6. The summed E-state index contributed by atoms with van der Waals surface area (Å²) in [5.41, 5.74) is 0.946. The number of ether oxygens (including phenoxy) is 1. The second kappa shape index (κ2) is 7.78. The van der Waals surface area contributed by atoms with E-state index in [1.54, 1.807) is 25.3 Å². The van der Waals surface area contributed by atoms with Crippen molar-refractivity contribution in [3.8, 4) is 0 Å². The van der Waals surface area contributed by atoms with E-state index < -0.39 is 0 Å². The minimum atomic E-state index is -0.367. The third-order valence-corrected chi connectivity index (χ3v) is 4.10. The maximum atomic E-state index is 12.4. The highest BCUT2D eigenvalue weighted by Gasteiger charge is 2.21. The molecule has 0 aliphatic carbocycles. The molecule has 0 radical (unpaired) electrons. The van der Waals surface area contributed by atoms with Crippen molar-refractivity contribution in [3.05, 3.63) is 41.9 Å². The number of aromatic amines is 1. The number of nitrogens with one attached hydrogen (secondary N) is 1. The van der Waals surface area contributed by atoms with E-state index in [0.29, 0.717) is 37.5 Å². The molecule has 2 aromatic heterocycles. The number of rotatable bonds is 4. The van der Waals surface area contributed by atoms with Crippen molar-refractivity contribution in [2.75, 3.05) is 37.7 Å². The molecule has 1 aliphatic heterocycles. The molecule has 1 saturated heterocycles. The topological polar surface area (TPSA) is 91.4 Å². The number of carbonyl (C=O) groups is 2. The average Bonchev–Trinajstić information content (AvgIpc) is 3.06. The van der Waals surface area contributed by atoms with Crippen molar-refractivity contribution in [1.82, 2.24) is 20.1 Å². The van der Waals surface area contributed by atoms with Crippen LogP contribution in [0.2, 0.25) is 0 Å². The second-order valence-electron chi connectivity index (χ2n) is 5.73. The predicted octanol–water partition coefficient (Wildman–Crippen LogP) is 1.33. The molecule has 3 rings (SSSR count). The van der Waals surface area contributed by atoms with Gasteiger partial charge in [0.2, 0.25) is 0 Å². The van der Waals surface area contributed by atoms with Gasteiger partial charge in [0.1, 0.15) is 11.5 Å². The van der Waals surface area contributed by atoms with E-state index >= 15 is 0 Å². The lowest BCUT2D eigenvalue weighted by atomic mass is 10.2. The SMILES string of the molecule is CCOC(=O)c1ccc(N2CCCN(C(=O)c3ccn[nH]3)CC2)nc1. The first-order valence-corrected chi connectivity index (χ1v) is 8.36. The summed E-state index contributed by atoms with van der Waals surface area (Å²) >= 11 is 0. The van der Waals surface area contributed by atoms with E-state index in [-0.39, 0.29) is 11.9 Å². The largest absolute Gasteiger partial charge is 0.462 e. The highest BCUT2D eigenvalue weighted by molar-refractivity contribution is 5.92. The average molecular weight is 343 g/mol. The van der Waals surface area contributed by atoms with Gasteiger partial charge < -0.3 is 14.5 Å². The van der Waals surface area contributed by atoms with Gasteiger partial charge in [-0.1, -0.05) is 0 Å². The molecule has 2 aromatic rings. The fourth-order valence-electron chi connectivity index (χ4n) is 2.80. The molecule has 1 fully saturated rings. The molecule has 1 amide bonds. The van der Waals surface area contributed by atoms with Crippen molar-refractivity contribution in [1.29, 1.82) is 0 Å². The normalized spacial score (nSPS) is 14.9. The van der Waals surface area contributed by atoms with Gasteiger partial charge in [0.05, 0.1) is 12.2 Å². The zero-order valence-electron chi connectivity index (χ0n) is 14.1. The molecule has 0 atom stereocenters. The van der Waals surface area contributed by atoms with Gasteiger partial charge in [-0.05, 0) is 31.5 Å². The van der Waals surface area contributed by atoms with Gasteiger partial charge in [-0.2, -0.15) is 5.10 Å². The molecule has 0 bridgehead atoms. The molecular weight excluding hydrogens is 322 g/mol. The monoisotopic (exact) mass is 343 g/mol. The lowest BCUT2D eigenvalue weighted by Crippen LogP contribution is -2.35. The smallest absolute Gasteiger partial charge is 0.339 e. The number of pyridine rings is 1. The number of carbonyl (C=O) groups excluding carboxylic acids is 2. The molecule has 3 heterocycles. The molecule has 0 aromatic carbocycles. The Hall–Kier alpha value is -2.90. The molecule has 1 N–H and O–H groups in total. The van der Waals surface area contributed by atoms with Crippen LogP contribution in [-0.2, 0) is 4.74 Å². The third-order valence-electron chi connectivity index (χ3n) is 4.10. The van der Waals surface area contributed by atoms with Crippen LogP contribution in [-0.4, -0.2) is 64.7 Å². The lowest BCUT2D eigenvalue weighted by Gasteiger charge is -2.22. The van der Waals surface area contributed by atoms with Crippen LogP contribution >= 0.6 is 0 Å². The number of anilines is 1. The fourth-order valence-corrected chi connectivity index (χ4v) is 2.80. The standard InChI is InChI=1S/C17H21N5O3/c1-2-25-17(24)13-4-5-15(18-12-13)21-8-3-9-22(11-10-21)16(23)14-6-7-19-20-14/h4-7,12H,2-3,8-11H2,1H3,(H,19,20). The highest BCUT2D eigenvalue weighted by atomic mass is 16.5. The first kappa shape index (κ1) is 16.9. The minimum absolute atomic E-state index is 0.0371. The molecule has 132 valence electrons. The zero-order valence-corrected chi connectivity index (χ0v) is 14.1. The Kier molecular flexibility index (Phi) is 5.27. The van der Waals surface area contributed by atoms with E-state index in [1.807, 2.05) is 11.0 Å². The third kappa shape index (κ3) is 3.96. The quantitative estimate of drug-likeness (QED) is 0.842. The summed E-state index contributed by atoms with van der Waals surface area (Å²) in [4.78, 5) is 32.4. The van der Waals surface area contributed by atoms with E-state index in [0.717, 1.165) is 18.8 Å². The molecular formula is C17H21N5O3. The number of amides is 1. The van der Waals surface area contributed by atoms with E-state index in [2.05, 4.69) is 20.1 Å². The van der Waals surface area contributed by atoms with E-state index in [4.69, 9.17) is 4.74 Å². The van der Waals surface area contributed by atoms with Crippen LogP contribution in [0.3, 0.4) is 0 Å². The second-order valence-corrected chi connectivity index (χ2v) is 5.73. The molecule has 0 unspecified atom stereocenters. The fraction of sp³-hybridized carbons (Fsp3) is 0.412. The Morgan fingerprint density at radius 3 is 2.76 bits per heavy atom. The lowest BCUT2D eigenvalue weighted by molar-refractivity contribution is 0.0525. The summed E-state index contributed by atoms with van der Waals surface area (Å²) in [6, 6.07) is 5.22. The number of aromatic nitrogens is 3. The number of H-pyrrole nitrogens is 1. The van der Waals surface area contributed by atoms with Gasteiger partial charge >= 0.3 is 5.97 Å². The van der Waals surface area contributed by atoms with Gasteiger partial charge in [0, 0.05) is 38.6 Å². The van der Waals surface area contributed by atoms with Gasteiger partial charge in [-0.15, -0.1) is 0 Å². The number of hydrogen-bond donors (Lipinski definition) is 1. The summed E-state index contributed by atoms with van der Waals surface area (Å²) in [6.45, 7) is 4.90. The number of hydrogen-bond acceptors (Lipinski definition) is 6. The van der Waals surface area contributed by atoms with Gasteiger partial charge in [-0.3, -0.25) is 9.89 Å². The van der Waals surface area contributed by atoms with Gasteiger partial charge in [-0.25, -0.2) is 9.78 Å². The van der Waals surface area contributed by atoms with Crippen molar-refractivity contribution < 1.29 is 14.3 Å². The Morgan fingerprint density at radius 2 is 2.08 bits per heavy atom. The first-order valence-electron chi connectivity index (χ1n) is 8.36. The van der Waals surface area contributed by atoms with Crippen molar-refractivity contribution in [2.45, 2.75) is 13.3 Å². The van der Waals surface area contributed by atoms with Crippen LogP contribution in [0.4, 0.5) is 5.82 Å². The molecule has 8 heteroatoms. The van der Waals surface area contributed by atoms with Crippen molar-refractivity contribution in [3.63, 3.8) is 0 Å². The Labute approximate surface area is 145 Å². The highest BCUT2D eigenvalue weighted by Crippen LogP contribution is 2.15. The van der Waals surface area contributed by atoms with Gasteiger partial charge in [0.25, 0.3) is 5.91 Å². The summed E-state index contributed by atoms with van der Waals surface area (Å²) in [5, 5.41) is 6.54. The minimum Gasteiger partial charge on any atom is -0.462 e. The Balaban J connectivity index is 1.63.